The van der Waals surface area contributed by atoms with Crippen molar-refractivity contribution in [2.24, 2.45) is 0 Å². The van der Waals surface area contributed by atoms with E-state index in [1.807, 2.05) is 6.07 Å². The van der Waals surface area contributed by atoms with Crippen LogP contribution < -0.4 is 14.8 Å². The summed E-state index contributed by atoms with van der Waals surface area (Å²) in [6.45, 7) is 2.55. The van der Waals surface area contributed by atoms with E-state index in [1.54, 1.807) is 32.2 Å². The molecular formula is C14H21NO5. The first kappa shape index (κ1) is 16.3. The number of aliphatic hydroxyl groups excluding tert-OH is 1. The Hall–Kier alpha value is -1.79. The van der Waals surface area contributed by atoms with Crippen LogP contribution in [0.3, 0.4) is 0 Å². The number of esters is 1. The molecule has 1 atom stereocenters. The number of carbonyl (C=O) groups excluding carboxylic acids is 1. The molecule has 20 heavy (non-hydrogen) atoms. The molecule has 0 aliphatic carbocycles. The van der Waals surface area contributed by atoms with Gasteiger partial charge in [0.25, 0.3) is 0 Å². The Labute approximate surface area is 118 Å². The number of rotatable bonds is 9. The van der Waals surface area contributed by atoms with Gasteiger partial charge in [0, 0.05) is 12.6 Å². The van der Waals surface area contributed by atoms with E-state index in [1.165, 1.54) is 0 Å². The van der Waals surface area contributed by atoms with Crippen LogP contribution in [0.5, 0.6) is 11.5 Å². The second kappa shape index (κ2) is 9.17. The predicted molar refractivity (Wildman–Crippen MR) is 74.0 cm³/mol. The number of methoxy groups -OCH3 is 1. The van der Waals surface area contributed by atoms with Crippen molar-refractivity contribution in [2.45, 2.75) is 13.0 Å². The maximum Gasteiger partial charge on any atom is 0.319 e. The summed E-state index contributed by atoms with van der Waals surface area (Å²) < 4.78 is 15.2. The average Bonchev–Trinajstić information content (AvgIpc) is 2.45. The lowest BCUT2D eigenvalue weighted by molar-refractivity contribution is -0.142. The van der Waals surface area contributed by atoms with Gasteiger partial charge in [-0.05, 0) is 19.1 Å². The Morgan fingerprint density at radius 2 is 2.15 bits per heavy atom. The molecule has 1 unspecified atom stereocenters. The molecule has 112 valence electrons. The molecule has 0 aliphatic heterocycles. The minimum atomic E-state index is -0.712. The van der Waals surface area contributed by atoms with Crippen LogP contribution in [-0.4, -0.2) is 50.6 Å². The highest BCUT2D eigenvalue weighted by Gasteiger charge is 2.07. The average molecular weight is 283 g/mol. The molecule has 0 amide bonds. The van der Waals surface area contributed by atoms with Crippen molar-refractivity contribution < 1.29 is 24.1 Å². The number of aliphatic hydroxyl groups is 1. The van der Waals surface area contributed by atoms with Crippen molar-refractivity contribution >= 4 is 5.97 Å². The minimum Gasteiger partial charge on any atom is -0.497 e. The Morgan fingerprint density at radius 1 is 1.40 bits per heavy atom. The Morgan fingerprint density at radius 3 is 2.85 bits per heavy atom. The zero-order chi connectivity index (χ0) is 14.8. The molecule has 0 saturated heterocycles. The first-order valence-electron chi connectivity index (χ1n) is 6.47. The van der Waals surface area contributed by atoms with Crippen molar-refractivity contribution in [3.63, 3.8) is 0 Å². The molecular weight excluding hydrogens is 262 g/mol. The van der Waals surface area contributed by atoms with Crippen molar-refractivity contribution in [1.29, 1.82) is 0 Å². The summed E-state index contributed by atoms with van der Waals surface area (Å²) in [5.74, 6) is 0.972. The molecule has 1 rings (SSSR count). The van der Waals surface area contributed by atoms with E-state index in [0.717, 1.165) is 0 Å². The van der Waals surface area contributed by atoms with Gasteiger partial charge in [-0.2, -0.15) is 0 Å². The van der Waals surface area contributed by atoms with Gasteiger partial charge < -0.3 is 24.6 Å². The van der Waals surface area contributed by atoms with Crippen LogP contribution in [-0.2, 0) is 9.53 Å². The molecule has 6 heteroatoms. The molecule has 0 saturated carbocycles. The van der Waals surface area contributed by atoms with Gasteiger partial charge in [0.05, 0.1) is 20.3 Å². The fourth-order valence-corrected chi connectivity index (χ4v) is 1.50. The third-order valence-electron chi connectivity index (χ3n) is 2.44. The van der Waals surface area contributed by atoms with Crippen LogP contribution in [0.25, 0.3) is 0 Å². The Balaban J connectivity index is 2.22. The number of carbonyl (C=O) groups is 1. The molecule has 0 aliphatic rings. The lowest BCUT2D eigenvalue weighted by Gasteiger charge is -2.13. The normalized spacial score (nSPS) is 11.8. The molecule has 2 N–H and O–H groups in total. The van der Waals surface area contributed by atoms with Crippen molar-refractivity contribution in [2.75, 3.05) is 33.4 Å². The van der Waals surface area contributed by atoms with E-state index in [-0.39, 0.29) is 25.7 Å². The van der Waals surface area contributed by atoms with Crippen LogP contribution in [0.1, 0.15) is 6.92 Å². The van der Waals surface area contributed by atoms with Crippen LogP contribution >= 0.6 is 0 Å². The number of nitrogens with one attached hydrogen (secondary N) is 1. The summed E-state index contributed by atoms with van der Waals surface area (Å²) in [6, 6.07) is 7.13. The molecule has 1 aromatic carbocycles. The number of ether oxygens (including phenoxy) is 3. The second-order valence-corrected chi connectivity index (χ2v) is 4.08. The minimum absolute atomic E-state index is 0.0735. The summed E-state index contributed by atoms with van der Waals surface area (Å²) in [4.78, 5) is 11.1. The number of benzene rings is 1. The molecule has 0 fully saturated rings. The maximum atomic E-state index is 11.1. The van der Waals surface area contributed by atoms with E-state index in [0.29, 0.717) is 18.1 Å². The van der Waals surface area contributed by atoms with Gasteiger partial charge >= 0.3 is 5.97 Å². The third kappa shape index (κ3) is 6.40. The molecule has 0 spiro atoms. The van der Waals surface area contributed by atoms with E-state index < -0.39 is 6.10 Å². The highest BCUT2D eigenvalue weighted by atomic mass is 16.5. The summed E-state index contributed by atoms with van der Waals surface area (Å²) in [7, 11) is 1.58. The van der Waals surface area contributed by atoms with Gasteiger partial charge in [-0.1, -0.05) is 6.07 Å². The first-order chi connectivity index (χ1) is 9.65. The Bertz CT molecular complexity index is 410. The molecule has 0 radical (unpaired) electrons. The fraction of sp³-hybridized carbons (Fsp3) is 0.500. The van der Waals surface area contributed by atoms with Gasteiger partial charge in [-0.15, -0.1) is 0 Å². The van der Waals surface area contributed by atoms with Crippen molar-refractivity contribution in [3.8, 4) is 11.5 Å². The lowest BCUT2D eigenvalue weighted by Crippen LogP contribution is -2.35. The van der Waals surface area contributed by atoms with Gasteiger partial charge in [-0.3, -0.25) is 4.79 Å². The van der Waals surface area contributed by atoms with Crippen molar-refractivity contribution in [1.82, 2.24) is 5.32 Å². The highest BCUT2D eigenvalue weighted by molar-refractivity contribution is 5.71. The summed E-state index contributed by atoms with van der Waals surface area (Å²) in [5, 5.41) is 12.5. The molecule has 0 aromatic heterocycles. The SMILES string of the molecule is CCOC(=O)CNCC(O)COc1cccc(OC)c1. The lowest BCUT2D eigenvalue weighted by atomic mass is 10.3. The zero-order valence-electron chi connectivity index (χ0n) is 11.8. The second-order valence-electron chi connectivity index (χ2n) is 4.08. The van der Waals surface area contributed by atoms with Crippen LogP contribution in [0, 0.1) is 0 Å². The first-order valence-corrected chi connectivity index (χ1v) is 6.47. The van der Waals surface area contributed by atoms with E-state index in [2.05, 4.69) is 5.32 Å². The van der Waals surface area contributed by atoms with Gasteiger partial charge in [0.1, 0.15) is 24.2 Å². The van der Waals surface area contributed by atoms with E-state index in [9.17, 15) is 9.90 Å². The Kier molecular flexibility index (Phi) is 7.46. The highest BCUT2D eigenvalue weighted by Crippen LogP contribution is 2.18. The maximum absolute atomic E-state index is 11.1. The molecule has 0 bridgehead atoms. The zero-order valence-corrected chi connectivity index (χ0v) is 11.8. The third-order valence-corrected chi connectivity index (χ3v) is 2.44. The van der Waals surface area contributed by atoms with Crippen molar-refractivity contribution in [3.05, 3.63) is 24.3 Å². The molecule has 1 aromatic rings. The fourth-order valence-electron chi connectivity index (χ4n) is 1.50. The molecule has 6 nitrogen and oxygen atoms in total. The smallest absolute Gasteiger partial charge is 0.319 e. The van der Waals surface area contributed by atoms with E-state index >= 15 is 0 Å². The summed E-state index contributed by atoms with van der Waals surface area (Å²) in [6.07, 6.45) is -0.712. The number of hydrogen-bond acceptors (Lipinski definition) is 6. The van der Waals surface area contributed by atoms with Gasteiger partial charge in [0.2, 0.25) is 0 Å². The summed E-state index contributed by atoms with van der Waals surface area (Å²) >= 11 is 0. The van der Waals surface area contributed by atoms with Crippen LogP contribution in [0.15, 0.2) is 24.3 Å². The standard InChI is InChI=1S/C14H21NO5/c1-3-19-14(17)9-15-8-11(16)10-20-13-6-4-5-12(7-13)18-2/h4-7,11,15-16H,3,8-10H2,1-2H3. The van der Waals surface area contributed by atoms with Crippen LogP contribution in [0.4, 0.5) is 0 Å². The van der Waals surface area contributed by atoms with Gasteiger partial charge in [-0.25, -0.2) is 0 Å². The number of hydrogen-bond donors (Lipinski definition) is 2. The van der Waals surface area contributed by atoms with Crippen LogP contribution in [0.2, 0.25) is 0 Å². The molecule has 0 heterocycles. The summed E-state index contributed by atoms with van der Waals surface area (Å²) in [5.41, 5.74) is 0. The largest absolute Gasteiger partial charge is 0.497 e. The predicted octanol–water partition coefficient (Wildman–Crippen LogP) is 0.588. The quantitative estimate of drug-likeness (QED) is 0.646. The topological polar surface area (TPSA) is 77.0 Å². The monoisotopic (exact) mass is 283 g/mol. The van der Waals surface area contributed by atoms with E-state index in [4.69, 9.17) is 14.2 Å². The van der Waals surface area contributed by atoms with Gasteiger partial charge in [0.15, 0.2) is 0 Å².